The normalized spacial score (nSPS) is 12.1. The number of halogens is 1. The van der Waals surface area contributed by atoms with Crippen molar-refractivity contribution in [2.75, 3.05) is 0 Å². The molecule has 4 amide bonds. The van der Waals surface area contributed by atoms with E-state index in [2.05, 4.69) is 21.3 Å². The van der Waals surface area contributed by atoms with Crippen LogP contribution in [0.15, 0.2) is 170 Å². The predicted octanol–water partition coefficient (Wildman–Crippen LogP) is 2.43. The van der Waals surface area contributed by atoms with Gasteiger partial charge in [-0.25, -0.2) is 19.2 Å². The van der Waals surface area contributed by atoms with Gasteiger partial charge in [0.15, 0.2) is 24.8 Å². The highest BCUT2D eigenvalue weighted by molar-refractivity contribution is 5.97. The molecule has 0 aliphatic heterocycles. The van der Waals surface area contributed by atoms with Crippen LogP contribution in [-0.2, 0) is 58.2 Å². The second-order valence-corrected chi connectivity index (χ2v) is 15.9. The van der Waals surface area contributed by atoms with Crippen molar-refractivity contribution in [1.29, 1.82) is 0 Å². The van der Waals surface area contributed by atoms with Crippen LogP contribution in [-0.4, -0.2) is 70.3 Å². The molecule has 6 N–H and O–H groups in total. The van der Waals surface area contributed by atoms with Crippen LogP contribution in [0, 0.1) is 0 Å². The number of aliphatic carboxylic acids is 2. The predicted molar refractivity (Wildman–Crippen MR) is 250 cm³/mol. The largest absolute Gasteiger partial charge is 1.00 e. The SMILES string of the molecule is C[C@@H](Cc1ccccc1)NC(=O)OC[n+]1ccc(C(=O)N[C@@H](Cc2ccccc2)C(=O)O)cc1.C[C@@H](Cc1ccccc1)NC(=O)OC[n+]1ccc(C(=O)N[C@@H](Cc2ccccc2)C(=O)O)cc1.[Cl-]. The number of hydrogen-bond acceptors (Lipinski definition) is 8. The quantitative estimate of drug-likeness (QED) is 0.0615. The summed E-state index contributed by atoms with van der Waals surface area (Å²) in [5, 5.41) is 29.6. The highest BCUT2D eigenvalue weighted by Crippen LogP contribution is 2.08. The molecule has 0 aliphatic carbocycles. The lowest BCUT2D eigenvalue weighted by atomic mass is 10.1. The van der Waals surface area contributed by atoms with E-state index in [0.717, 1.165) is 22.3 Å². The van der Waals surface area contributed by atoms with Crippen molar-refractivity contribution in [1.82, 2.24) is 21.3 Å². The Morgan fingerprint density at radius 3 is 0.986 bits per heavy atom. The number of carbonyl (C=O) groups is 6. The van der Waals surface area contributed by atoms with E-state index in [0.29, 0.717) is 24.0 Å². The van der Waals surface area contributed by atoms with E-state index in [-0.39, 0.29) is 50.8 Å². The zero-order valence-corrected chi connectivity index (χ0v) is 38.9. The minimum absolute atomic E-state index is 0. The third kappa shape index (κ3) is 19.3. The van der Waals surface area contributed by atoms with Gasteiger partial charge in [0.05, 0.1) is 11.1 Å². The van der Waals surface area contributed by atoms with E-state index in [1.165, 1.54) is 24.3 Å². The zero-order valence-electron chi connectivity index (χ0n) is 38.2. The number of ether oxygens (including phenoxy) is 2. The van der Waals surface area contributed by atoms with E-state index < -0.39 is 48.0 Å². The van der Waals surface area contributed by atoms with E-state index in [4.69, 9.17) is 9.47 Å². The summed E-state index contributed by atoms with van der Waals surface area (Å²) in [5.74, 6) is -3.21. The van der Waals surface area contributed by atoms with Crippen LogP contribution in [0.1, 0.15) is 56.8 Å². The fourth-order valence-corrected chi connectivity index (χ4v) is 6.76. The number of alkyl carbamates (subject to hydrolysis) is 2. The molecule has 0 aliphatic rings. The van der Waals surface area contributed by atoms with Gasteiger partial charge in [-0.15, -0.1) is 0 Å². The highest BCUT2D eigenvalue weighted by atomic mass is 35.5. The smallest absolute Gasteiger partial charge is 0.412 e. The standard InChI is InChI=1S/2C26H27N3O5.ClH/c2*1-19(16-20-8-4-2-5-9-20)27-26(33)34-18-29-14-12-22(13-15-29)24(30)28-23(25(31)32)17-21-10-6-3-7-11-21;/h2*2-15,19,23H,16-18H2,1H3,(H2-,27,28,30,31,32,33);1H/p+1/t2*19-,23-;/m00./s1. The number of nitrogens with zero attached hydrogens (tertiary/aromatic N) is 2. The lowest BCUT2D eigenvalue weighted by molar-refractivity contribution is -0.727. The molecule has 0 spiro atoms. The summed E-state index contributed by atoms with van der Waals surface area (Å²) in [5.41, 5.74) is 4.47. The number of carbonyl (C=O) groups excluding carboxylic acids is 4. The van der Waals surface area contributed by atoms with Crippen LogP contribution in [0.5, 0.6) is 0 Å². The Morgan fingerprint density at radius 1 is 0.435 bits per heavy atom. The number of aromatic nitrogens is 2. The molecule has 6 aromatic rings. The molecule has 16 nitrogen and oxygen atoms in total. The van der Waals surface area contributed by atoms with Crippen molar-refractivity contribution >= 4 is 35.9 Å². The molecular formula is C52H56ClN6O10+. The van der Waals surface area contributed by atoms with Gasteiger partial charge in [0.2, 0.25) is 0 Å². The molecule has 4 atom stereocenters. The topological polar surface area (TPSA) is 217 Å². The highest BCUT2D eigenvalue weighted by Gasteiger charge is 2.23. The fourth-order valence-electron chi connectivity index (χ4n) is 6.76. The van der Waals surface area contributed by atoms with Gasteiger partial charge in [0.25, 0.3) is 25.3 Å². The van der Waals surface area contributed by atoms with E-state index in [9.17, 15) is 39.0 Å². The zero-order chi connectivity index (χ0) is 48.7. The number of hydrogen-bond donors (Lipinski definition) is 6. The molecule has 4 aromatic carbocycles. The first kappa shape index (κ1) is 53.5. The van der Waals surface area contributed by atoms with E-state index in [1.807, 2.05) is 135 Å². The molecule has 0 fully saturated rings. The Balaban J connectivity index is 0.000000296. The average molecular weight is 961 g/mol. The first-order valence-electron chi connectivity index (χ1n) is 21.9. The van der Waals surface area contributed by atoms with Crippen molar-refractivity contribution in [2.45, 2.75) is 77.2 Å². The molecule has 0 bridgehead atoms. The van der Waals surface area contributed by atoms with Gasteiger partial charge in [-0.3, -0.25) is 9.59 Å². The molecule has 2 aromatic heterocycles. The lowest BCUT2D eigenvalue weighted by Gasteiger charge is -2.14. The lowest BCUT2D eigenvalue weighted by Crippen LogP contribution is -3.00. The second-order valence-electron chi connectivity index (χ2n) is 15.9. The maximum absolute atomic E-state index is 12.5. The Bertz CT molecular complexity index is 2360. The first-order chi connectivity index (χ1) is 32.8. The van der Waals surface area contributed by atoms with Crippen LogP contribution in [0.4, 0.5) is 9.59 Å². The fraction of sp³-hybridized carbons (Fsp3) is 0.231. The third-order valence-electron chi connectivity index (χ3n) is 10.3. The summed E-state index contributed by atoms with van der Waals surface area (Å²) in [6.07, 6.45) is 7.01. The maximum atomic E-state index is 12.5. The summed E-state index contributed by atoms with van der Waals surface area (Å²) in [6.45, 7) is 3.74. The number of rotatable bonds is 20. The summed E-state index contributed by atoms with van der Waals surface area (Å²) < 4.78 is 13.7. The molecule has 6 rings (SSSR count). The van der Waals surface area contributed by atoms with Gasteiger partial charge in [-0.05, 0) is 48.9 Å². The summed E-state index contributed by atoms with van der Waals surface area (Å²) in [4.78, 5) is 72.3. The molecule has 0 unspecified atom stereocenters. The van der Waals surface area contributed by atoms with Gasteiger partial charge in [0.1, 0.15) is 12.1 Å². The molecule has 0 radical (unpaired) electrons. The number of amides is 4. The molecule has 0 saturated heterocycles. The van der Waals surface area contributed by atoms with Gasteiger partial charge in [-0.2, -0.15) is 9.13 Å². The van der Waals surface area contributed by atoms with E-state index in [1.54, 1.807) is 33.9 Å². The van der Waals surface area contributed by atoms with Crippen LogP contribution in [0.25, 0.3) is 0 Å². The Hall–Kier alpha value is -8.11. The summed E-state index contributed by atoms with van der Waals surface area (Å²) in [6, 6.07) is 41.7. The Kier molecular flexibility index (Phi) is 21.8. The average Bonchev–Trinajstić information content (AvgIpc) is 3.34. The number of nitrogens with one attached hydrogen (secondary N) is 4. The Labute approximate surface area is 406 Å². The molecular weight excluding hydrogens is 904 g/mol. The third-order valence-corrected chi connectivity index (χ3v) is 10.3. The van der Waals surface area contributed by atoms with Crippen molar-refractivity contribution in [3.8, 4) is 0 Å². The monoisotopic (exact) mass is 959 g/mol. The molecule has 69 heavy (non-hydrogen) atoms. The number of carboxylic acid groups (broad SMARTS) is 2. The van der Waals surface area contributed by atoms with Crippen LogP contribution < -0.4 is 42.8 Å². The minimum Gasteiger partial charge on any atom is -1.00 e. The number of benzene rings is 4. The molecule has 0 saturated carbocycles. The van der Waals surface area contributed by atoms with Gasteiger partial charge in [0, 0.05) is 49.2 Å². The second kappa shape index (κ2) is 28.2. The van der Waals surface area contributed by atoms with Crippen molar-refractivity contribution in [3.05, 3.63) is 204 Å². The minimum atomic E-state index is -1.11. The van der Waals surface area contributed by atoms with Gasteiger partial charge < -0.3 is 53.4 Å². The molecule has 2 heterocycles. The van der Waals surface area contributed by atoms with Crippen LogP contribution >= 0.6 is 0 Å². The Morgan fingerprint density at radius 2 is 0.710 bits per heavy atom. The van der Waals surface area contributed by atoms with Gasteiger partial charge in [-0.1, -0.05) is 121 Å². The van der Waals surface area contributed by atoms with Crippen molar-refractivity contribution in [2.24, 2.45) is 0 Å². The summed E-state index contributed by atoms with van der Waals surface area (Å²) >= 11 is 0. The maximum Gasteiger partial charge on any atom is 0.412 e. The molecule has 17 heteroatoms. The van der Waals surface area contributed by atoms with Crippen LogP contribution in [0.2, 0.25) is 0 Å². The van der Waals surface area contributed by atoms with E-state index >= 15 is 0 Å². The first-order valence-corrected chi connectivity index (χ1v) is 21.9. The number of pyridine rings is 2. The van der Waals surface area contributed by atoms with Crippen molar-refractivity contribution < 1.29 is 70.0 Å². The van der Waals surface area contributed by atoms with Gasteiger partial charge >= 0.3 is 24.1 Å². The van der Waals surface area contributed by atoms with Crippen LogP contribution in [0.3, 0.4) is 0 Å². The van der Waals surface area contributed by atoms with Crippen molar-refractivity contribution in [3.63, 3.8) is 0 Å². The number of carboxylic acids is 2. The summed E-state index contributed by atoms with van der Waals surface area (Å²) in [7, 11) is 0. The molecule has 360 valence electrons.